The van der Waals surface area contributed by atoms with E-state index >= 15 is 0 Å². The van der Waals surface area contributed by atoms with E-state index in [1.807, 2.05) is 12.1 Å². The molecule has 1 aromatic carbocycles. The number of benzene rings is 1. The molecule has 0 radical (unpaired) electrons. The van der Waals surface area contributed by atoms with Crippen LogP contribution in [-0.4, -0.2) is 16.6 Å². The van der Waals surface area contributed by atoms with Crippen molar-refractivity contribution in [1.82, 2.24) is 9.97 Å². The summed E-state index contributed by atoms with van der Waals surface area (Å²) >= 11 is 0. The Labute approximate surface area is 183 Å². The van der Waals surface area contributed by atoms with Gasteiger partial charge in [-0.2, -0.15) is 0 Å². The largest absolute Gasteiger partial charge is 0.494 e. The molecule has 0 fully saturated rings. The van der Waals surface area contributed by atoms with Gasteiger partial charge in [0.05, 0.1) is 6.61 Å². The van der Waals surface area contributed by atoms with Gasteiger partial charge < -0.3 is 4.74 Å². The molecule has 0 saturated heterocycles. The molecule has 2 aromatic rings. The topological polar surface area (TPSA) is 35.0 Å². The highest BCUT2D eigenvalue weighted by Gasteiger charge is 2.20. The maximum atomic E-state index is 5.86. The van der Waals surface area contributed by atoms with Gasteiger partial charge in [-0.05, 0) is 61.4 Å². The van der Waals surface area contributed by atoms with Crippen molar-refractivity contribution in [2.24, 2.45) is 5.92 Å². The van der Waals surface area contributed by atoms with E-state index in [1.54, 1.807) is 0 Å². The molecule has 1 aliphatic rings. The van der Waals surface area contributed by atoms with Gasteiger partial charge in [-0.3, -0.25) is 0 Å². The Kier molecular flexibility index (Phi) is 9.66. The molecule has 30 heavy (non-hydrogen) atoms. The molecule has 0 bridgehead atoms. The SMILES string of the molecule is CCCCCCCC1CCc2nc(-c3ccc(OCCCCCC)cc3)ncc2C1. The van der Waals surface area contributed by atoms with Crippen LogP contribution in [0.25, 0.3) is 11.4 Å². The normalized spacial score (nSPS) is 15.7. The van der Waals surface area contributed by atoms with E-state index < -0.39 is 0 Å². The predicted molar refractivity (Wildman–Crippen MR) is 126 cm³/mol. The second-order valence-corrected chi connectivity index (χ2v) is 8.91. The number of aryl methyl sites for hydroxylation is 1. The van der Waals surface area contributed by atoms with E-state index in [2.05, 4.69) is 32.2 Å². The molecule has 0 spiro atoms. The summed E-state index contributed by atoms with van der Waals surface area (Å²) in [6, 6.07) is 8.27. The van der Waals surface area contributed by atoms with Gasteiger partial charge in [0.15, 0.2) is 5.82 Å². The molecule has 164 valence electrons. The minimum absolute atomic E-state index is 0.800. The average Bonchev–Trinajstić information content (AvgIpc) is 2.79. The number of hydrogen-bond acceptors (Lipinski definition) is 3. The quantitative estimate of drug-likeness (QED) is 0.321. The van der Waals surface area contributed by atoms with Gasteiger partial charge in [-0.25, -0.2) is 9.97 Å². The van der Waals surface area contributed by atoms with Gasteiger partial charge in [0, 0.05) is 17.5 Å². The Morgan fingerprint density at radius 1 is 0.900 bits per heavy atom. The van der Waals surface area contributed by atoms with Crippen LogP contribution in [0.1, 0.15) is 95.7 Å². The second-order valence-electron chi connectivity index (χ2n) is 8.91. The van der Waals surface area contributed by atoms with E-state index in [1.165, 1.54) is 75.5 Å². The molecule has 3 heteroatoms. The molecule has 1 unspecified atom stereocenters. The first-order valence-electron chi connectivity index (χ1n) is 12.4. The molecule has 1 aromatic heterocycles. The molecule has 0 amide bonds. The van der Waals surface area contributed by atoms with Crippen LogP contribution in [0.4, 0.5) is 0 Å². The molecule has 3 nitrogen and oxygen atoms in total. The smallest absolute Gasteiger partial charge is 0.159 e. The standard InChI is InChI=1S/C27H40N2O/c1-3-5-7-9-10-12-22-13-18-26-24(20-22)21-28-27(29-26)23-14-16-25(17-15-23)30-19-11-8-6-4-2/h14-17,21-22H,3-13,18-20H2,1-2H3. The highest BCUT2D eigenvalue weighted by Crippen LogP contribution is 2.29. The average molecular weight is 409 g/mol. The monoisotopic (exact) mass is 408 g/mol. The summed E-state index contributed by atoms with van der Waals surface area (Å²) < 4.78 is 5.86. The van der Waals surface area contributed by atoms with Gasteiger partial charge in [-0.15, -0.1) is 0 Å². The lowest BCUT2D eigenvalue weighted by atomic mass is 9.84. The minimum atomic E-state index is 0.800. The van der Waals surface area contributed by atoms with Crippen molar-refractivity contribution >= 4 is 0 Å². The van der Waals surface area contributed by atoms with Crippen LogP contribution in [0.3, 0.4) is 0 Å². The van der Waals surface area contributed by atoms with Crippen molar-refractivity contribution in [3.05, 3.63) is 41.7 Å². The first-order valence-corrected chi connectivity index (χ1v) is 12.4. The van der Waals surface area contributed by atoms with Crippen molar-refractivity contribution in [2.45, 2.75) is 97.3 Å². The molecule has 1 aliphatic carbocycles. The Morgan fingerprint density at radius 3 is 2.40 bits per heavy atom. The van der Waals surface area contributed by atoms with E-state index in [4.69, 9.17) is 14.7 Å². The number of rotatable bonds is 13. The van der Waals surface area contributed by atoms with E-state index in [0.717, 1.165) is 48.9 Å². The van der Waals surface area contributed by atoms with Gasteiger partial charge in [-0.1, -0.05) is 71.6 Å². The van der Waals surface area contributed by atoms with Gasteiger partial charge in [0.2, 0.25) is 0 Å². The number of aromatic nitrogens is 2. The third-order valence-corrected chi connectivity index (χ3v) is 6.35. The fourth-order valence-electron chi connectivity index (χ4n) is 4.42. The summed E-state index contributed by atoms with van der Waals surface area (Å²) in [6.07, 6.45) is 18.8. The number of ether oxygens (including phenoxy) is 1. The Morgan fingerprint density at radius 2 is 1.63 bits per heavy atom. The second kappa shape index (κ2) is 12.7. The van der Waals surface area contributed by atoms with Crippen LogP contribution >= 0.6 is 0 Å². The van der Waals surface area contributed by atoms with Crippen LogP contribution < -0.4 is 4.74 Å². The summed E-state index contributed by atoms with van der Waals surface area (Å²) in [5.74, 6) is 2.61. The van der Waals surface area contributed by atoms with Gasteiger partial charge in [0.1, 0.15) is 5.75 Å². The van der Waals surface area contributed by atoms with Crippen molar-refractivity contribution in [3.63, 3.8) is 0 Å². The van der Waals surface area contributed by atoms with E-state index in [-0.39, 0.29) is 0 Å². The first kappa shape index (κ1) is 22.8. The minimum Gasteiger partial charge on any atom is -0.494 e. The number of unbranched alkanes of at least 4 members (excludes halogenated alkanes) is 7. The van der Waals surface area contributed by atoms with Crippen LogP contribution in [0, 0.1) is 5.92 Å². The molecular formula is C27H40N2O. The highest BCUT2D eigenvalue weighted by molar-refractivity contribution is 5.56. The Balaban J connectivity index is 1.49. The summed E-state index contributed by atoms with van der Waals surface area (Å²) in [6.45, 7) is 5.31. The zero-order valence-corrected chi connectivity index (χ0v) is 19.2. The molecule has 1 atom stereocenters. The molecule has 0 N–H and O–H groups in total. The molecule has 1 heterocycles. The third kappa shape index (κ3) is 7.11. The lowest BCUT2D eigenvalue weighted by Crippen LogP contribution is -2.16. The molecule has 0 aliphatic heterocycles. The third-order valence-electron chi connectivity index (χ3n) is 6.35. The molecule has 3 rings (SSSR count). The van der Waals surface area contributed by atoms with Crippen molar-refractivity contribution in [1.29, 1.82) is 0 Å². The van der Waals surface area contributed by atoms with Crippen molar-refractivity contribution in [2.75, 3.05) is 6.61 Å². The van der Waals surface area contributed by atoms with Gasteiger partial charge in [0.25, 0.3) is 0 Å². The van der Waals surface area contributed by atoms with Crippen LogP contribution in [0.15, 0.2) is 30.5 Å². The number of hydrogen-bond donors (Lipinski definition) is 0. The predicted octanol–water partition coefficient (Wildman–Crippen LogP) is 7.57. The Bertz CT molecular complexity index is 741. The zero-order valence-electron chi connectivity index (χ0n) is 19.2. The molecule has 0 saturated carbocycles. The maximum absolute atomic E-state index is 5.86. The Hall–Kier alpha value is -1.90. The maximum Gasteiger partial charge on any atom is 0.159 e. The lowest BCUT2D eigenvalue weighted by Gasteiger charge is -2.24. The van der Waals surface area contributed by atoms with Crippen molar-refractivity contribution < 1.29 is 4.74 Å². The zero-order chi connectivity index (χ0) is 21.0. The van der Waals surface area contributed by atoms with E-state index in [9.17, 15) is 0 Å². The first-order chi connectivity index (χ1) is 14.8. The number of fused-ring (bicyclic) bond motifs is 1. The van der Waals surface area contributed by atoms with Crippen molar-refractivity contribution in [3.8, 4) is 17.1 Å². The summed E-state index contributed by atoms with van der Waals surface area (Å²) in [7, 11) is 0. The van der Waals surface area contributed by atoms with Crippen LogP contribution in [0.2, 0.25) is 0 Å². The van der Waals surface area contributed by atoms with E-state index in [0.29, 0.717) is 0 Å². The highest BCUT2D eigenvalue weighted by atomic mass is 16.5. The lowest BCUT2D eigenvalue weighted by molar-refractivity contribution is 0.305. The fourth-order valence-corrected chi connectivity index (χ4v) is 4.42. The summed E-state index contributed by atoms with van der Waals surface area (Å²) in [5.41, 5.74) is 3.71. The fraction of sp³-hybridized carbons (Fsp3) is 0.630. The van der Waals surface area contributed by atoms with Crippen LogP contribution in [0.5, 0.6) is 5.75 Å². The summed E-state index contributed by atoms with van der Waals surface area (Å²) in [5, 5.41) is 0. The number of nitrogens with zero attached hydrogens (tertiary/aromatic N) is 2. The molecular weight excluding hydrogens is 368 g/mol. The summed E-state index contributed by atoms with van der Waals surface area (Å²) in [4.78, 5) is 9.60. The van der Waals surface area contributed by atoms with Crippen LogP contribution in [-0.2, 0) is 12.8 Å². The van der Waals surface area contributed by atoms with Gasteiger partial charge >= 0.3 is 0 Å².